The molecule has 1 saturated heterocycles. The molecule has 1 aliphatic rings. The van der Waals surface area contributed by atoms with Crippen molar-refractivity contribution in [1.82, 2.24) is 19.8 Å². The normalized spacial score (nSPS) is 16.6. The highest BCUT2D eigenvalue weighted by atomic mass is 127. The maximum absolute atomic E-state index is 11.7. The molecule has 1 fully saturated rings. The van der Waals surface area contributed by atoms with E-state index in [0.717, 1.165) is 51.9 Å². The van der Waals surface area contributed by atoms with Crippen LogP contribution in [0.1, 0.15) is 20.3 Å². The van der Waals surface area contributed by atoms with Gasteiger partial charge in [-0.15, -0.1) is 24.0 Å². The van der Waals surface area contributed by atoms with E-state index in [-0.39, 0.29) is 29.7 Å². The van der Waals surface area contributed by atoms with Crippen molar-refractivity contribution in [2.75, 3.05) is 71.8 Å². The molecule has 0 spiro atoms. The minimum absolute atomic E-state index is 0. The lowest BCUT2D eigenvalue weighted by molar-refractivity contribution is 0.0389. The lowest BCUT2D eigenvalue weighted by Gasteiger charge is -2.26. The van der Waals surface area contributed by atoms with E-state index in [1.54, 1.807) is 14.0 Å². The first-order chi connectivity index (χ1) is 11.5. The second-order valence-electron chi connectivity index (χ2n) is 5.72. The molecule has 2 N–H and O–H groups in total. The highest BCUT2D eigenvalue weighted by molar-refractivity contribution is 14.0. The fraction of sp³-hybridized carbons (Fsp3) is 0.933. The number of halogens is 1. The van der Waals surface area contributed by atoms with Crippen molar-refractivity contribution in [1.29, 1.82) is 0 Å². The minimum Gasteiger partial charge on any atom is -0.379 e. The third-order valence-corrected chi connectivity index (χ3v) is 5.77. The minimum atomic E-state index is -3.10. The SMILES string of the molecule is CCNC(=NCCCN(C)S(=O)(=O)CC)NCCN1CCOCC1.I. The molecule has 0 atom stereocenters. The monoisotopic (exact) mass is 491 g/mol. The molecule has 0 unspecified atom stereocenters. The van der Waals surface area contributed by atoms with E-state index < -0.39 is 10.0 Å². The Balaban J connectivity index is 0.00000576. The van der Waals surface area contributed by atoms with Crippen LogP contribution in [0.5, 0.6) is 0 Å². The predicted octanol–water partition coefficient (Wildman–Crippen LogP) is 0.163. The largest absolute Gasteiger partial charge is 0.379 e. The van der Waals surface area contributed by atoms with Crippen molar-refractivity contribution in [2.24, 2.45) is 4.99 Å². The van der Waals surface area contributed by atoms with Gasteiger partial charge in [0.05, 0.1) is 19.0 Å². The van der Waals surface area contributed by atoms with Gasteiger partial charge in [-0.2, -0.15) is 0 Å². The van der Waals surface area contributed by atoms with Gasteiger partial charge < -0.3 is 15.4 Å². The molecule has 150 valence electrons. The number of aliphatic imine (C=N–C) groups is 1. The summed E-state index contributed by atoms with van der Waals surface area (Å²) >= 11 is 0. The molecule has 1 heterocycles. The van der Waals surface area contributed by atoms with E-state index in [2.05, 4.69) is 20.5 Å². The molecule has 0 aromatic rings. The summed E-state index contributed by atoms with van der Waals surface area (Å²) in [5.41, 5.74) is 0. The van der Waals surface area contributed by atoms with Gasteiger partial charge in [-0.1, -0.05) is 0 Å². The molecule has 0 aromatic carbocycles. The van der Waals surface area contributed by atoms with Crippen LogP contribution in [0.15, 0.2) is 4.99 Å². The van der Waals surface area contributed by atoms with Gasteiger partial charge >= 0.3 is 0 Å². The maximum atomic E-state index is 11.7. The molecule has 0 radical (unpaired) electrons. The van der Waals surface area contributed by atoms with Crippen molar-refractivity contribution in [3.63, 3.8) is 0 Å². The molecule has 0 saturated carbocycles. The average Bonchev–Trinajstić information content (AvgIpc) is 2.59. The summed E-state index contributed by atoms with van der Waals surface area (Å²) in [5.74, 6) is 0.921. The first-order valence-corrected chi connectivity index (χ1v) is 10.4. The Morgan fingerprint density at radius 2 is 1.92 bits per heavy atom. The van der Waals surface area contributed by atoms with Crippen molar-refractivity contribution in [3.8, 4) is 0 Å². The molecule has 8 nitrogen and oxygen atoms in total. The van der Waals surface area contributed by atoms with Gasteiger partial charge in [0.2, 0.25) is 10.0 Å². The number of guanidine groups is 1. The Kier molecular flexibility index (Phi) is 13.9. The van der Waals surface area contributed by atoms with Gasteiger partial charge in [-0.3, -0.25) is 9.89 Å². The third kappa shape index (κ3) is 10.5. The van der Waals surface area contributed by atoms with Crippen LogP contribution in [-0.4, -0.2) is 95.4 Å². The van der Waals surface area contributed by atoms with E-state index in [1.807, 2.05) is 6.92 Å². The van der Waals surface area contributed by atoms with E-state index in [0.29, 0.717) is 19.5 Å². The highest BCUT2D eigenvalue weighted by Gasteiger charge is 2.14. The van der Waals surface area contributed by atoms with Gasteiger partial charge in [-0.25, -0.2) is 12.7 Å². The lowest BCUT2D eigenvalue weighted by atomic mass is 10.4. The Labute approximate surface area is 169 Å². The fourth-order valence-corrected chi connectivity index (χ4v) is 3.19. The topological polar surface area (TPSA) is 86.3 Å². The summed E-state index contributed by atoms with van der Waals surface area (Å²) in [5, 5.41) is 6.54. The predicted molar refractivity (Wildman–Crippen MR) is 113 cm³/mol. The van der Waals surface area contributed by atoms with Crippen LogP contribution in [-0.2, 0) is 14.8 Å². The van der Waals surface area contributed by atoms with Crippen LogP contribution in [0.2, 0.25) is 0 Å². The highest BCUT2D eigenvalue weighted by Crippen LogP contribution is 1.99. The van der Waals surface area contributed by atoms with Crippen LogP contribution >= 0.6 is 24.0 Å². The molecule has 0 aromatic heterocycles. The standard InChI is InChI=1S/C15H33N5O3S.HI/c1-4-16-15(18-8-10-20-11-13-23-14-12-20)17-7-6-9-19(3)24(21,22)5-2;/h4-14H2,1-3H3,(H2,16,17,18);1H. The zero-order chi connectivity index (χ0) is 17.8. The Morgan fingerprint density at radius 3 is 2.52 bits per heavy atom. The number of rotatable bonds is 10. The summed E-state index contributed by atoms with van der Waals surface area (Å²) < 4.78 is 30.1. The number of hydrogen-bond donors (Lipinski definition) is 2. The summed E-state index contributed by atoms with van der Waals surface area (Å²) in [6.45, 7) is 10.9. The van der Waals surface area contributed by atoms with Crippen LogP contribution in [0, 0.1) is 0 Å². The number of ether oxygens (including phenoxy) is 1. The van der Waals surface area contributed by atoms with E-state index in [1.165, 1.54) is 4.31 Å². The Morgan fingerprint density at radius 1 is 1.24 bits per heavy atom. The first kappa shape index (κ1) is 24.8. The molecular formula is C15H34IN5O3S. The van der Waals surface area contributed by atoms with Crippen LogP contribution < -0.4 is 10.6 Å². The Bertz CT molecular complexity index is 470. The number of morpholine rings is 1. The summed E-state index contributed by atoms with van der Waals surface area (Å²) in [7, 11) is -1.48. The second kappa shape index (κ2) is 14.0. The van der Waals surface area contributed by atoms with Gasteiger partial charge in [-0.05, 0) is 20.3 Å². The van der Waals surface area contributed by atoms with Crippen molar-refractivity contribution < 1.29 is 13.2 Å². The molecule has 0 aliphatic carbocycles. The average molecular weight is 491 g/mol. The lowest BCUT2D eigenvalue weighted by Crippen LogP contribution is -2.44. The van der Waals surface area contributed by atoms with Crippen LogP contribution in [0.3, 0.4) is 0 Å². The number of sulfonamides is 1. The van der Waals surface area contributed by atoms with E-state index in [4.69, 9.17) is 4.74 Å². The van der Waals surface area contributed by atoms with Gasteiger partial charge in [0, 0.05) is 52.9 Å². The maximum Gasteiger partial charge on any atom is 0.213 e. The Hall–Kier alpha value is -0.170. The fourth-order valence-electron chi connectivity index (χ4n) is 2.34. The van der Waals surface area contributed by atoms with Crippen molar-refractivity contribution >= 4 is 40.0 Å². The van der Waals surface area contributed by atoms with Gasteiger partial charge in [0.1, 0.15) is 0 Å². The number of nitrogens with zero attached hydrogens (tertiary/aromatic N) is 3. The quantitative estimate of drug-likeness (QED) is 0.196. The van der Waals surface area contributed by atoms with Gasteiger partial charge in [0.15, 0.2) is 5.96 Å². The second-order valence-corrected chi connectivity index (χ2v) is 8.08. The van der Waals surface area contributed by atoms with E-state index in [9.17, 15) is 8.42 Å². The van der Waals surface area contributed by atoms with Crippen LogP contribution in [0.4, 0.5) is 0 Å². The zero-order valence-corrected chi connectivity index (χ0v) is 18.8. The third-order valence-electron chi connectivity index (χ3n) is 3.91. The smallest absolute Gasteiger partial charge is 0.213 e. The molecule has 0 bridgehead atoms. The summed E-state index contributed by atoms with van der Waals surface area (Å²) in [6.07, 6.45) is 0.704. The van der Waals surface area contributed by atoms with Crippen molar-refractivity contribution in [3.05, 3.63) is 0 Å². The molecule has 25 heavy (non-hydrogen) atoms. The summed E-state index contributed by atoms with van der Waals surface area (Å²) in [4.78, 5) is 6.87. The zero-order valence-electron chi connectivity index (χ0n) is 15.7. The molecular weight excluding hydrogens is 457 g/mol. The molecule has 1 aliphatic heterocycles. The number of hydrogen-bond acceptors (Lipinski definition) is 5. The van der Waals surface area contributed by atoms with Crippen LogP contribution in [0.25, 0.3) is 0 Å². The number of nitrogens with one attached hydrogen (secondary N) is 2. The molecule has 0 amide bonds. The summed E-state index contributed by atoms with van der Waals surface area (Å²) in [6, 6.07) is 0. The molecule has 10 heteroatoms. The van der Waals surface area contributed by atoms with E-state index >= 15 is 0 Å². The molecule has 1 rings (SSSR count). The first-order valence-electron chi connectivity index (χ1n) is 8.76. The van der Waals surface area contributed by atoms with Gasteiger partial charge in [0.25, 0.3) is 0 Å². The van der Waals surface area contributed by atoms with Crippen molar-refractivity contribution in [2.45, 2.75) is 20.3 Å².